The van der Waals surface area contributed by atoms with Gasteiger partial charge in [0.1, 0.15) is 11.5 Å². The molecule has 0 saturated heterocycles. The number of carbonyl (C=O) groups is 1. The number of H-pyrrole nitrogens is 1. The Labute approximate surface area is 115 Å². The van der Waals surface area contributed by atoms with Crippen molar-refractivity contribution in [2.24, 2.45) is 0 Å². The fourth-order valence-corrected chi connectivity index (χ4v) is 2.17. The van der Waals surface area contributed by atoms with E-state index >= 15 is 0 Å². The molecule has 3 nitrogen and oxygen atoms in total. The number of aromatic amines is 1. The Kier molecular flexibility index (Phi) is 2.99. The lowest BCUT2D eigenvalue weighted by molar-refractivity contribution is 0.0989. The van der Waals surface area contributed by atoms with Crippen LogP contribution in [-0.2, 0) is 0 Å². The van der Waals surface area contributed by atoms with Gasteiger partial charge in [0.15, 0.2) is 0 Å². The zero-order valence-corrected chi connectivity index (χ0v) is 10.9. The van der Waals surface area contributed by atoms with E-state index in [1.54, 1.807) is 25.2 Å². The smallest absolute Gasteiger partial charge is 0.274 e. The Hall–Kier alpha value is -2.62. The van der Waals surface area contributed by atoms with E-state index in [1.165, 1.54) is 17.0 Å². The van der Waals surface area contributed by atoms with Crippen LogP contribution < -0.4 is 4.90 Å². The maximum Gasteiger partial charge on any atom is 0.274 e. The summed E-state index contributed by atoms with van der Waals surface area (Å²) >= 11 is 0. The average Bonchev–Trinajstić information content (AvgIpc) is 2.89. The van der Waals surface area contributed by atoms with Crippen LogP contribution in [0.25, 0.3) is 10.9 Å². The van der Waals surface area contributed by atoms with Crippen LogP contribution in [0, 0.1) is 5.82 Å². The number of hydrogen-bond donors (Lipinski definition) is 1. The highest BCUT2D eigenvalue weighted by atomic mass is 19.1. The van der Waals surface area contributed by atoms with Crippen LogP contribution in [0.15, 0.2) is 54.6 Å². The van der Waals surface area contributed by atoms with Gasteiger partial charge < -0.3 is 9.88 Å². The maximum atomic E-state index is 13.2. The van der Waals surface area contributed by atoms with Crippen molar-refractivity contribution in [2.75, 3.05) is 11.9 Å². The third-order valence-electron chi connectivity index (χ3n) is 3.26. The van der Waals surface area contributed by atoms with Gasteiger partial charge in [-0.15, -0.1) is 0 Å². The van der Waals surface area contributed by atoms with Crippen molar-refractivity contribution in [1.82, 2.24) is 4.98 Å². The molecule has 2 aromatic carbocycles. The number of carbonyl (C=O) groups excluding carboxylic acids is 1. The first kappa shape index (κ1) is 12.4. The van der Waals surface area contributed by atoms with Gasteiger partial charge in [-0.1, -0.05) is 24.3 Å². The van der Waals surface area contributed by atoms with E-state index in [4.69, 9.17) is 0 Å². The van der Waals surface area contributed by atoms with E-state index < -0.39 is 0 Å². The summed E-state index contributed by atoms with van der Waals surface area (Å²) in [5, 5.41) is 0.975. The third-order valence-corrected chi connectivity index (χ3v) is 3.26. The van der Waals surface area contributed by atoms with E-state index in [0.717, 1.165) is 10.9 Å². The molecular formula is C16H13FN2O. The highest BCUT2D eigenvalue weighted by Crippen LogP contribution is 2.19. The van der Waals surface area contributed by atoms with Gasteiger partial charge in [-0.25, -0.2) is 4.39 Å². The molecule has 1 N–H and O–H groups in total. The van der Waals surface area contributed by atoms with Gasteiger partial charge in [0.25, 0.3) is 5.91 Å². The van der Waals surface area contributed by atoms with Gasteiger partial charge in [-0.3, -0.25) is 4.79 Å². The molecule has 20 heavy (non-hydrogen) atoms. The van der Waals surface area contributed by atoms with Gasteiger partial charge in [-0.2, -0.15) is 0 Å². The first-order valence-corrected chi connectivity index (χ1v) is 6.26. The molecule has 3 aromatic rings. The number of anilines is 1. The Morgan fingerprint density at radius 1 is 1.10 bits per heavy atom. The quantitative estimate of drug-likeness (QED) is 0.757. The molecule has 0 aliphatic heterocycles. The van der Waals surface area contributed by atoms with Crippen molar-refractivity contribution < 1.29 is 9.18 Å². The van der Waals surface area contributed by atoms with E-state index in [9.17, 15) is 9.18 Å². The van der Waals surface area contributed by atoms with Crippen molar-refractivity contribution >= 4 is 22.5 Å². The first-order chi connectivity index (χ1) is 9.65. The van der Waals surface area contributed by atoms with Crippen LogP contribution in [0.5, 0.6) is 0 Å². The minimum absolute atomic E-state index is 0.202. The fraction of sp³-hybridized carbons (Fsp3) is 0.0625. The van der Waals surface area contributed by atoms with Gasteiger partial charge in [0.2, 0.25) is 0 Å². The monoisotopic (exact) mass is 268 g/mol. The van der Waals surface area contributed by atoms with Crippen LogP contribution >= 0.6 is 0 Å². The molecule has 0 atom stereocenters. The van der Waals surface area contributed by atoms with Gasteiger partial charge in [-0.05, 0) is 30.3 Å². The molecule has 0 aliphatic rings. The van der Waals surface area contributed by atoms with Crippen LogP contribution in [-0.4, -0.2) is 17.9 Å². The van der Waals surface area contributed by atoms with Crippen LogP contribution in [0.1, 0.15) is 10.5 Å². The predicted octanol–water partition coefficient (Wildman–Crippen LogP) is 3.58. The minimum Gasteiger partial charge on any atom is -0.351 e. The zero-order valence-electron chi connectivity index (χ0n) is 10.9. The highest BCUT2D eigenvalue weighted by Gasteiger charge is 2.16. The van der Waals surface area contributed by atoms with Crippen molar-refractivity contribution in [3.05, 3.63) is 66.1 Å². The zero-order chi connectivity index (χ0) is 14.1. The third kappa shape index (κ3) is 2.16. The molecule has 0 fully saturated rings. The van der Waals surface area contributed by atoms with Crippen molar-refractivity contribution in [3.8, 4) is 0 Å². The Morgan fingerprint density at radius 3 is 2.65 bits per heavy atom. The Balaban J connectivity index is 1.95. The number of halogens is 1. The molecule has 1 heterocycles. The van der Waals surface area contributed by atoms with Gasteiger partial charge in [0, 0.05) is 23.6 Å². The average molecular weight is 268 g/mol. The summed E-state index contributed by atoms with van der Waals surface area (Å²) in [6.45, 7) is 0. The van der Waals surface area contributed by atoms with Crippen LogP contribution in [0.4, 0.5) is 10.1 Å². The van der Waals surface area contributed by atoms with Crippen molar-refractivity contribution in [1.29, 1.82) is 0 Å². The second kappa shape index (κ2) is 4.81. The predicted molar refractivity (Wildman–Crippen MR) is 77.4 cm³/mol. The molecule has 1 aromatic heterocycles. The minimum atomic E-state index is -0.362. The van der Waals surface area contributed by atoms with Gasteiger partial charge in [0.05, 0.1) is 0 Å². The molecule has 3 rings (SSSR count). The Morgan fingerprint density at radius 2 is 1.90 bits per heavy atom. The summed E-state index contributed by atoms with van der Waals surface area (Å²) in [6, 6.07) is 15.4. The van der Waals surface area contributed by atoms with E-state index in [1.807, 2.05) is 24.3 Å². The summed E-state index contributed by atoms with van der Waals surface area (Å²) in [5.41, 5.74) is 1.91. The van der Waals surface area contributed by atoms with E-state index in [-0.39, 0.29) is 11.7 Å². The second-order valence-electron chi connectivity index (χ2n) is 4.61. The molecule has 1 amide bonds. The lowest BCUT2D eigenvalue weighted by Crippen LogP contribution is -2.26. The normalized spacial score (nSPS) is 10.7. The molecule has 0 spiro atoms. The van der Waals surface area contributed by atoms with Gasteiger partial charge >= 0.3 is 0 Å². The Bertz CT molecular complexity index is 746. The number of amides is 1. The summed E-state index contributed by atoms with van der Waals surface area (Å²) in [5.74, 6) is -0.564. The number of para-hydroxylation sites is 1. The molecule has 100 valence electrons. The molecule has 0 unspecified atom stereocenters. The van der Waals surface area contributed by atoms with E-state index in [0.29, 0.717) is 11.4 Å². The van der Waals surface area contributed by atoms with Crippen molar-refractivity contribution in [2.45, 2.75) is 0 Å². The second-order valence-corrected chi connectivity index (χ2v) is 4.61. The number of aromatic nitrogens is 1. The summed E-state index contributed by atoms with van der Waals surface area (Å²) in [6.07, 6.45) is 0. The fourth-order valence-electron chi connectivity index (χ4n) is 2.17. The van der Waals surface area contributed by atoms with Crippen molar-refractivity contribution in [3.63, 3.8) is 0 Å². The molecule has 0 aliphatic carbocycles. The number of rotatable bonds is 2. The lowest BCUT2D eigenvalue weighted by Gasteiger charge is -2.16. The number of nitrogens with one attached hydrogen (secondary N) is 1. The number of fused-ring (bicyclic) bond motifs is 1. The summed E-state index contributed by atoms with van der Waals surface area (Å²) in [4.78, 5) is 16.9. The molecule has 0 saturated carbocycles. The molecular weight excluding hydrogens is 255 g/mol. The highest BCUT2D eigenvalue weighted by molar-refractivity contribution is 6.07. The summed E-state index contributed by atoms with van der Waals surface area (Å²) < 4.78 is 13.2. The SMILES string of the molecule is CN(C(=O)c1cc2ccccc2[nH]1)c1cccc(F)c1. The molecule has 0 radical (unpaired) electrons. The lowest BCUT2D eigenvalue weighted by atomic mass is 10.2. The molecule has 0 bridgehead atoms. The summed E-state index contributed by atoms with van der Waals surface area (Å²) in [7, 11) is 1.63. The standard InChI is InChI=1S/C16H13FN2O/c1-19(13-7-4-6-12(17)10-13)16(20)15-9-11-5-2-3-8-14(11)18-15/h2-10,18H,1H3. The topological polar surface area (TPSA) is 36.1 Å². The number of benzene rings is 2. The maximum absolute atomic E-state index is 13.2. The van der Waals surface area contributed by atoms with E-state index in [2.05, 4.69) is 4.98 Å². The molecule has 4 heteroatoms. The van der Waals surface area contributed by atoms with Crippen LogP contribution in [0.2, 0.25) is 0 Å². The van der Waals surface area contributed by atoms with Crippen LogP contribution in [0.3, 0.4) is 0 Å². The number of nitrogens with zero attached hydrogens (tertiary/aromatic N) is 1. The largest absolute Gasteiger partial charge is 0.351 e. The number of hydrogen-bond acceptors (Lipinski definition) is 1. The first-order valence-electron chi connectivity index (χ1n) is 6.26.